The van der Waals surface area contributed by atoms with Crippen molar-refractivity contribution < 1.29 is 8.85 Å². The third-order valence-electron chi connectivity index (χ3n) is 2.84. The van der Waals surface area contributed by atoms with E-state index in [1.807, 2.05) is 0 Å². The van der Waals surface area contributed by atoms with Gasteiger partial charge < -0.3 is 8.85 Å². The Bertz CT molecular complexity index is 143. The highest BCUT2D eigenvalue weighted by molar-refractivity contribution is 6.67. The largest absolute Gasteiger partial charge is 0.394 e. The van der Waals surface area contributed by atoms with Crippen molar-refractivity contribution in [3.05, 3.63) is 0 Å². The topological polar surface area (TPSA) is 18.5 Å². The molecule has 0 aromatic heterocycles. The number of rotatable bonds is 11. The molecule has 0 spiro atoms. The number of hydrogen-bond acceptors (Lipinski definition) is 2. The molecule has 0 rings (SSSR count). The van der Waals surface area contributed by atoms with E-state index in [4.69, 9.17) is 8.85 Å². The van der Waals surface area contributed by atoms with Crippen molar-refractivity contribution in [2.24, 2.45) is 0 Å². The van der Waals surface area contributed by atoms with E-state index in [-0.39, 0.29) is 0 Å². The second kappa shape index (κ2) is 10.3. The molecule has 3 heteroatoms. The SMILES string of the molecule is CCCCC[Si](CC)(OCCC)OCCC. The van der Waals surface area contributed by atoms with Gasteiger partial charge in [0.2, 0.25) is 0 Å². The molecule has 0 amide bonds. The first kappa shape index (κ1) is 16.1. The molecule has 0 radical (unpaired) electrons. The summed E-state index contributed by atoms with van der Waals surface area (Å²) in [7, 11) is -1.85. The fraction of sp³-hybridized carbons (Fsp3) is 1.00. The first-order valence-corrected chi connectivity index (χ1v) is 9.25. The summed E-state index contributed by atoms with van der Waals surface area (Å²) >= 11 is 0. The van der Waals surface area contributed by atoms with Crippen LogP contribution in [0.4, 0.5) is 0 Å². The molecule has 0 aromatic rings. The average molecular weight is 246 g/mol. The minimum Gasteiger partial charge on any atom is -0.394 e. The van der Waals surface area contributed by atoms with Crippen LogP contribution >= 0.6 is 0 Å². The summed E-state index contributed by atoms with van der Waals surface area (Å²) < 4.78 is 12.2. The van der Waals surface area contributed by atoms with Gasteiger partial charge in [-0.25, -0.2) is 0 Å². The lowest BCUT2D eigenvalue weighted by Gasteiger charge is -2.29. The van der Waals surface area contributed by atoms with Gasteiger partial charge >= 0.3 is 8.56 Å². The summed E-state index contributed by atoms with van der Waals surface area (Å²) in [5.74, 6) is 0. The first-order valence-electron chi connectivity index (χ1n) is 7.02. The Morgan fingerprint density at radius 3 is 1.69 bits per heavy atom. The van der Waals surface area contributed by atoms with Gasteiger partial charge in [-0.1, -0.05) is 47.0 Å². The third-order valence-corrected chi connectivity index (χ3v) is 6.49. The molecule has 16 heavy (non-hydrogen) atoms. The molecule has 98 valence electrons. The fourth-order valence-electron chi connectivity index (χ4n) is 1.79. The van der Waals surface area contributed by atoms with Crippen LogP contribution in [0.1, 0.15) is 59.8 Å². The molecule has 0 aliphatic rings. The third kappa shape index (κ3) is 6.66. The van der Waals surface area contributed by atoms with Gasteiger partial charge in [0.1, 0.15) is 0 Å². The molecule has 0 saturated heterocycles. The Kier molecular flexibility index (Phi) is 10.4. The predicted molar refractivity (Wildman–Crippen MR) is 73.1 cm³/mol. The molecule has 0 unspecified atom stereocenters. The van der Waals surface area contributed by atoms with Gasteiger partial charge in [-0.15, -0.1) is 0 Å². The zero-order chi connectivity index (χ0) is 12.3. The summed E-state index contributed by atoms with van der Waals surface area (Å²) in [5.41, 5.74) is 0. The maximum Gasteiger partial charge on any atom is 0.337 e. The minimum absolute atomic E-state index is 0.871. The van der Waals surface area contributed by atoms with Crippen molar-refractivity contribution in [1.29, 1.82) is 0 Å². The lowest BCUT2D eigenvalue weighted by molar-refractivity contribution is 0.167. The maximum absolute atomic E-state index is 6.09. The molecule has 0 heterocycles. The Balaban J connectivity index is 4.16. The van der Waals surface area contributed by atoms with E-state index < -0.39 is 8.56 Å². The zero-order valence-electron chi connectivity index (χ0n) is 11.7. The van der Waals surface area contributed by atoms with Crippen LogP contribution in [0, 0.1) is 0 Å². The van der Waals surface area contributed by atoms with Crippen LogP contribution in [-0.2, 0) is 8.85 Å². The molecule has 0 atom stereocenters. The van der Waals surface area contributed by atoms with E-state index in [0.717, 1.165) is 32.1 Å². The number of unbranched alkanes of at least 4 members (excludes halogenated alkanes) is 2. The van der Waals surface area contributed by atoms with Gasteiger partial charge in [0.05, 0.1) is 0 Å². The fourth-order valence-corrected chi connectivity index (χ4v) is 4.86. The number of hydrogen-bond donors (Lipinski definition) is 0. The lowest BCUT2D eigenvalue weighted by Crippen LogP contribution is -2.42. The molecular formula is C13H30O2Si. The van der Waals surface area contributed by atoms with Gasteiger partial charge in [0.25, 0.3) is 0 Å². The second-order valence-corrected chi connectivity index (χ2v) is 8.02. The molecular weight excluding hydrogens is 216 g/mol. The predicted octanol–water partition coefficient (Wildman–Crippen LogP) is 4.49. The van der Waals surface area contributed by atoms with E-state index in [0.29, 0.717) is 0 Å². The van der Waals surface area contributed by atoms with Crippen LogP contribution in [0.25, 0.3) is 0 Å². The standard InChI is InChI=1S/C13H30O2Si/c1-5-9-10-13-16(8-4,14-11-6-2)15-12-7-3/h5-13H2,1-4H3. The van der Waals surface area contributed by atoms with Crippen molar-refractivity contribution in [2.45, 2.75) is 71.9 Å². The van der Waals surface area contributed by atoms with Gasteiger partial charge in [-0.05, 0) is 24.9 Å². The van der Waals surface area contributed by atoms with Crippen LogP contribution in [0.3, 0.4) is 0 Å². The summed E-state index contributed by atoms with van der Waals surface area (Å²) in [4.78, 5) is 0. The summed E-state index contributed by atoms with van der Waals surface area (Å²) in [5, 5.41) is 0. The molecule has 0 bridgehead atoms. The smallest absolute Gasteiger partial charge is 0.337 e. The highest BCUT2D eigenvalue weighted by atomic mass is 28.4. The van der Waals surface area contributed by atoms with Crippen LogP contribution in [0.5, 0.6) is 0 Å². The van der Waals surface area contributed by atoms with Crippen LogP contribution in [-0.4, -0.2) is 21.8 Å². The van der Waals surface area contributed by atoms with Crippen LogP contribution in [0.2, 0.25) is 12.1 Å². The summed E-state index contributed by atoms with van der Waals surface area (Å²) in [6.45, 7) is 10.5. The van der Waals surface area contributed by atoms with Crippen molar-refractivity contribution in [3.8, 4) is 0 Å². The quantitative estimate of drug-likeness (QED) is 0.395. The van der Waals surface area contributed by atoms with Gasteiger partial charge in [-0.3, -0.25) is 0 Å². The molecule has 0 aliphatic heterocycles. The molecule has 0 saturated carbocycles. The van der Waals surface area contributed by atoms with Gasteiger partial charge in [0.15, 0.2) is 0 Å². The maximum atomic E-state index is 6.09. The molecule has 2 nitrogen and oxygen atoms in total. The normalized spacial score (nSPS) is 12.0. The Labute approximate surface area is 103 Å². The average Bonchev–Trinajstić information content (AvgIpc) is 2.32. The van der Waals surface area contributed by atoms with E-state index >= 15 is 0 Å². The first-order chi connectivity index (χ1) is 7.74. The highest BCUT2D eigenvalue weighted by Gasteiger charge is 2.34. The van der Waals surface area contributed by atoms with Gasteiger partial charge in [0, 0.05) is 13.2 Å². The van der Waals surface area contributed by atoms with Crippen molar-refractivity contribution >= 4 is 8.56 Å². The summed E-state index contributed by atoms with van der Waals surface area (Å²) in [6, 6.07) is 2.27. The molecule has 0 fully saturated rings. The van der Waals surface area contributed by atoms with Crippen LogP contribution < -0.4 is 0 Å². The Morgan fingerprint density at radius 2 is 1.31 bits per heavy atom. The van der Waals surface area contributed by atoms with Crippen molar-refractivity contribution in [1.82, 2.24) is 0 Å². The zero-order valence-corrected chi connectivity index (χ0v) is 12.7. The van der Waals surface area contributed by atoms with Gasteiger partial charge in [-0.2, -0.15) is 0 Å². The molecule has 0 aromatic carbocycles. The second-order valence-electron chi connectivity index (χ2n) is 4.42. The summed E-state index contributed by atoms with van der Waals surface area (Å²) in [6.07, 6.45) is 6.04. The lowest BCUT2D eigenvalue weighted by atomic mass is 10.3. The Morgan fingerprint density at radius 1 is 0.750 bits per heavy atom. The van der Waals surface area contributed by atoms with Crippen LogP contribution in [0.15, 0.2) is 0 Å². The van der Waals surface area contributed by atoms with E-state index in [9.17, 15) is 0 Å². The van der Waals surface area contributed by atoms with Crippen molar-refractivity contribution in [3.63, 3.8) is 0 Å². The monoisotopic (exact) mass is 246 g/mol. The van der Waals surface area contributed by atoms with E-state index in [1.54, 1.807) is 0 Å². The van der Waals surface area contributed by atoms with E-state index in [2.05, 4.69) is 27.7 Å². The van der Waals surface area contributed by atoms with Crippen molar-refractivity contribution in [2.75, 3.05) is 13.2 Å². The van der Waals surface area contributed by atoms with E-state index in [1.165, 1.54) is 25.3 Å². The molecule has 0 N–H and O–H groups in total. The minimum atomic E-state index is -1.85. The molecule has 0 aliphatic carbocycles. The Hall–Kier alpha value is 0.137. The highest BCUT2D eigenvalue weighted by Crippen LogP contribution is 2.23.